The fourth-order valence-corrected chi connectivity index (χ4v) is 6.78. The standard InChI is InChI=1S/C24H34N2O/c27-23-12-15-26(21-8-2-1-3-9-21)24(23)13-16-25(17-14-24)22-11-10-19-6-4-5-7-20(19)18-22/h1-3,8-9,19-20,22H,4-7,10-18H2. The first kappa shape index (κ1) is 17.7. The molecular weight excluding hydrogens is 332 g/mol. The molecule has 0 bridgehead atoms. The number of rotatable bonds is 2. The molecule has 3 heteroatoms. The van der Waals surface area contributed by atoms with Crippen molar-refractivity contribution in [2.75, 3.05) is 24.5 Å². The molecule has 5 rings (SSSR count). The van der Waals surface area contributed by atoms with E-state index < -0.39 is 0 Å². The molecule has 146 valence electrons. The summed E-state index contributed by atoms with van der Waals surface area (Å²) in [6.45, 7) is 3.12. The number of Topliss-reactive ketones (excluding diaryl/α,β-unsaturated/α-hetero) is 1. The lowest BCUT2D eigenvalue weighted by Crippen LogP contribution is -2.58. The molecule has 1 spiro atoms. The van der Waals surface area contributed by atoms with E-state index in [-0.39, 0.29) is 5.54 Å². The number of benzene rings is 1. The van der Waals surface area contributed by atoms with Crippen molar-refractivity contribution >= 4 is 11.5 Å². The predicted octanol–water partition coefficient (Wildman–Crippen LogP) is 4.66. The molecule has 3 unspecified atom stereocenters. The van der Waals surface area contributed by atoms with Crippen LogP contribution in [0.1, 0.15) is 64.2 Å². The summed E-state index contributed by atoms with van der Waals surface area (Å²) >= 11 is 0. The molecular formula is C24H34N2O. The first-order valence-corrected chi connectivity index (χ1v) is 11.4. The Morgan fingerprint density at radius 2 is 1.59 bits per heavy atom. The van der Waals surface area contributed by atoms with E-state index in [9.17, 15) is 4.79 Å². The summed E-state index contributed by atoms with van der Waals surface area (Å²) in [5, 5.41) is 0. The normalized spacial score (nSPS) is 34.0. The van der Waals surface area contributed by atoms with Crippen molar-refractivity contribution in [3.8, 4) is 0 Å². The number of para-hydroxylation sites is 1. The zero-order valence-electron chi connectivity index (χ0n) is 16.6. The number of hydrogen-bond donors (Lipinski definition) is 0. The molecule has 1 aromatic rings. The first-order valence-electron chi connectivity index (χ1n) is 11.4. The summed E-state index contributed by atoms with van der Waals surface area (Å²) in [5.41, 5.74) is 1.01. The summed E-state index contributed by atoms with van der Waals surface area (Å²) in [7, 11) is 0. The molecule has 0 radical (unpaired) electrons. The van der Waals surface area contributed by atoms with Crippen LogP contribution in [0.3, 0.4) is 0 Å². The van der Waals surface area contributed by atoms with E-state index in [0.717, 1.165) is 56.8 Å². The van der Waals surface area contributed by atoms with Crippen molar-refractivity contribution in [1.82, 2.24) is 4.90 Å². The third kappa shape index (κ3) is 3.12. The minimum absolute atomic E-state index is 0.222. The number of anilines is 1. The van der Waals surface area contributed by atoms with Gasteiger partial charge in [-0.05, 0) is 56.1 Å². The third-order valence-electron chi connectivity index (χ3n) is 8.32. The van der Waals surface area contributed by atoms with Crippen LogP contribution in [0.2, 0.25) is 0 Å². The zero-order chi connectivity index (χ0) is 18.3. The van der Waals surface area contributed by atoms with Gasteiger partial charge in [0.2, 0.25) is 0 Å². The molecule has 2 heterocycles. The number of hydrogen-bond acceptors (Lipinski definition) is 3. The molecule has 3 atom stereocenters. The van der Waals surface area contributed by atoms with Gasteiger partial charge in [0.1, 0.15) is 5.54 Å². The van der Waals surface area contributed by atoms with E-state index in [1.165, 1.54) is 50.6 Å². The van der Waals surface area contributed by atoms with Crippen molar-refractivity contribution < 1.29 is 4.79 Å². The van der Waals surface area contributed by atoms with Crippen LogP contribution in [0.5, 0.6) is 0 Å². The highest BCUT2D eigenvalue weighted by atomic mass is 16.1. The van der Waals surface area contributed by atoms with Crippen LogP contribution in [0.25, 0.3) is 0 Å². The van der Waals surface area contributed by atoms with Crippen molar-refractivity contribution in [1.29, 1.82) is 0 Å². The minimum atomic E-state index is -0.222. The lowest BCUT2D eigenvalue weighted by molar-refractivity contribution is -0.123. The van der Waals surface area contributed by atoms with Gasteiger partial charge in [-0.3, -0.25) is 4.79 Å². The van der Waals surface area contributed by atoms with E-state index in [1.807, 2.05) is 0 Å². The fourth-order valence-electron chi connectivity index (χ4n) is 6.78. The molecule has 2 aliphatic carbocycles. The summed E-state index contributed by atoms with van der Waals surface area (Å²) < 4.78 is 0. The highest BCUT2D eigenvalue weighted by molar-refractivity contribution is 5.95. The molecule has 0 amide bonds. The SMILES string of the molecule is O=C1CCN(c2ccccc2)C12CCN(C1CCC3CCCCC3C1)CC2. The summed E-state index contributed by atoms with van der Waals surface area (Å²) in [6, 6.07) is 11.4. The highest BCUT2D eigenvalue weighted by Crippen LogP contribution is 2.44. The maximum absolute atomic E-state index is 12.9. The van der Waals surface area contributed by atoms with E-state index in [1.54, 1.807) is 0 Å². The first-order chi connectivity index (χ1) is 13.3. The molecule has 1 aromatic carbocycles. The molecule has 27 heavy (non-hydrogen) atoms. The van der Waals surface area contributed by atoms with Crippen LogP contribution in [-0.2, 0) is 4.79 Å². The second kappa shape index (κ2) is 7.24. The predicted molar refractivity (Wildman–Crippen MR) is 110 cm³/mol. The lowest BCUT2D eigenvalue weighted by Gasteiger charge is -2.49. The maximum Gasteiger partial charge on any atom is 0.160 e. The van der Waals surface area contributed by atoms with Gasteiger partial charge < -0.3 is 9.80 Å². The van der Waals surface area contributed by atoms with Crippen molar-refractivity contribution in [2.24, 2.45) is 11.8 Å². The van der Waals surface area contributed by atoms with Gasteiger partial charge in [-0.1, -0.05) is 43.9 Å². The Hall–Kier alpha value is -1.35. The van der Waals surface area contributed by atoms with Crippen LogP contribution in [0.15, 0.2) is 30.3 Å². The van der Waals surface area contributed by atoms with Gasteiger partial charge in [-0.25, -0.2) is 0 Å². The van der Waals surface area contributed by atoms with Crippen molar-refractivity contribution in [2.45, 2.75) is 75.8 Å². The molecule has 3 nitrogen and oxygen atoms in total. The van der Waals surface area contributed by atoms with Gasteiger partial charge in [0.25, 0.3) is 0 Å². The van der Waals surface area contributed by atoms with E-state index in [0.29, 0.717) is 5.78 Å². The van der Waals surface area contributed by atoms with Gasteiger partial charge in [-0.2, -0.15) is 0 Å². The van der Waals surface area contributed by atoms with Crippen LogP contribution in [0, 0.1) is 11.8 Å². The average Bonchev–Trinajstić information content (AvgIpc) is 3.04. The Balaban J connectivity index is 1.27. The Morgan fingerprint density at radius 1 is 0.852 bits per heavy atom. The Kier molecular flexibility index (Phi) is 4.75. The third-order valence-corrected chi connectivity index (χ3v) is 8.32. The Bertz CT molecular complexity index is 664. The summed E-state index contributed by atoms with van der Waals surface area (Å²) in [4.78, 5) is 18.1. The van der Waals surface area contributed by atoms with Crippen LogP contribution in [-0.4, -0.2) is 41.9 Å². The highest BCUT2D eigenvalue weighted by Gasteiger charge is 2.50. The van der Waals surface area contributed by atoms with E-state index in [4.69, 9.17) is 0 Å². The Labute approximate surface area is 164 Å². The fraction of sp³-hybridized carbons (Fsp3) is 0.708. The topological polar surface area (TPSA) is 23.6 Å². The van der Waals surface area contributed by atoms with Gasteiger partial charge in [-0.15, -0.1) is 0 Å². The van der Waals surface area contributed by atoms with Crippen molar-refractivity contribution in [3.63, 3.8) is 0 Å². The smallest absolute Gasteiger partial charge is 0.160 e. The van der Waals surface area contributed by atoms with Gasteiger partial charge >= 0.3 is 0 Å². The number of ketones is 1. The van der Waals surface area contributed by atoms with Crippen LogP contribution < -0.4 is 4.90 Å². The van der Waals surface area contributed by atoms with Crippen LogP contribution >= 0.6 is 0 Å². The maximum atomic E-state index is 12.9. The Morgan fingerprint density at radius 3 is 2.37 bits per heavy atom. The number of carbonyl (C=O) groups is 1. The molecule has 0 aromatic heterocycles. The van der Waals surface area contributed by atoms with Crippen molar-refractivity contribution in [3.05, 3.63) is 30.3 Å². The lowest BCUT2D eigenvalue weighted by atomic mass is 9.69. The number of piperidine rings is 1. The molecule has 0 N–H and O–H groups in total. The van der Waals surface area contributed by atoms with E-state index >= 15 is 0 Å². The molecule has 4 fully saturated rings. The zero-order valence-corrected chi connectivity index (χ0v) is 16.6. The second-order valence-electron chi connectivity index (χ2n) is 9.50. The van der Waals surface area contributed by atoms with E-state index in [2.05, 4.69) is 40.1 Å². The number of nitrogens with zero attached hydrogens (tertiary/aromatic N) is 2. The number of carbonyl (C=O) groups excluding carboxylic acids is 1. The molecule has 2 aliphatic heterocycles. The molecule has 2 saturated carbocycles. The molecule has 4 aliphatic rings. The number of likely N-dealkylation sites (tertiary alicyclic amines) is 1. The monoisotopic (exact) mass is 366 g/mol. The average molecular weight is 367 g/mol. The molecule has 2 saturated heterocycles. The second-order valence-corrected chi connectivity index (χ2v) is 9.50. The number of fused-ring (bicyclic) bond motifs is 1. The van der Waals surface area contributed by atoms with Gasteiger partial charge in [0.05, 0.1) is 0 Å². The summed E-state index contributed by atoms with van der Waals surface area (Å²) in [5.74, 6) is 2.50. The largest absolute Gasteiger partial charge is 0.358 e. The minimum Gasteiger partial charge on any atom is -0.358 e. The van der Waals surface area contributed by atoms with Gasteiger partial charge in [0.15, 0.2) is 5.78 Å². The van der Waals surface area contributed by atoms with Gasteiger partial charge in [0, 0.05) is 37.8 Å². The quantitative estimate of drug-likeness (QED) is 0.760. The summed E-state index contributed by atoms with van der Waals surface area (Å²) in [6.07, 6.45) is 12.9. The van der Waals surface area contributed by atoms with Crippen LogP contribution in [0.4, 0.5) is 5.69 Å².